The molecule has 0 unspecified atom stereocenters. The molecular weight excluding hydrogens is 377 g/mol. The summed E-state index contributed by atoms with van der Waals surface area (Å²) < 4.78 is 25.8. The molecule has 0 saturated heterocycles. The number of anilines is 1. The number of ether oxygens (including phenoxy) is 2. The van der Waals surface area contributed by atoms with Gasteiger partial charge in [0.05, 0.1) is 18.6 Å². The van der Waals surface area contributed by atoms with Gasteiger partial charge in [-0.05, 0) is 18.2 Å². The number of nitrogens with zero attached hydrogens (tertiary/aromatic N) is 2. The van der Waals surface area contributed by atoms with Gasteiger partial charge in [-0.1, -0.05) is 24.3 Å². The zero-order valence-corrected chi connectivity index (χ0v) is 15.8. The molecular formula is C21H18FN3O2S. The van der Waals surface area contributed by atoms with Crippen molar-refractivity contribution in [2.75, 3.05) is 18.9 Å². The van der Waals surface area contributed by atoms with E-state index >= 15 is 0 Å². The zero-order valence-electron chi connectivity index (χ0n) is 15.0. The van der Waals surface area contributed by atoms with Crippen LogP contribution in [0.1, 0.15) is 6.42 Å². The smallest absolute Gasteiger partial charge is 0.225 e. The van der Waals surface area contributed by atoms with Crippen molar-refractivity contribution in [3.8, 4) is 22.8 Å². The van der Waals surface area contributed by atoms with Gasteiger partial charge in [0, 0.05) is 34.7 Å². The van der Waals surface area contributed by atoms with E-state index in [0.717, 1.165) is 21.5 Å². The lowest BCUT2D eigenvalue weighted by molar-refractivity contribution is 0.244. The summed E-state index contributed by atoms with van der Waals surface area (Å²) in [4.78, 5) is 9.30. The van der Waals surface area contributed by atoms with E-state index in [1.807, 2.05) is 23.6 Å². The first-order chi connectivity index (χ1) is 13.7. The SMILES string of the molecule is Nc1cccc(OCCCOc2ncnc3scc(-c4ccccc4F)c23)c1. The minimum absolute atomic E-state index is 0.285. The molecule has 0 aliphatic carbocycles. The maximum Gasteiger partial charge on any atom is 0.225 e. The Hall–Kier alpha value is -3.19. The second kappa shape index (κ2) is 8.22. The van der Waals surface area contributed by atoms with Crippen LogP contribution in [-0.2, 0) is 0 Å². The summed E-state index contributed by atoms with van der Waals surface area (Å²) in [5, 5.41) is 2.61. The first kappa shape index (κ1) is 18.2. The van der Waals surface area contributed by atoms with Crippen molar-refractivity contribution in [3.63, 3.8) is 0 Å². The van der Waals surface area contributed by atoms with Gasteiger partial charge in [0.1, 0.15) is 22.7 Å². The molecule has 142 valence electrons. The lowest BCUT2D eigenvalue weighted by Crippen LogP contribution is -2.06. The third kappa shape index (κ3) is 3.89. The number of halogens is 1. The van der Waals surface area contributed by atoms with Gasteiger partial charge >= 0.3 is 0 Å². The Bertz CT molecular complexity index is 1100. The molecule has 2 aromatic carbocycles. The van der Waals surface area contributed by atoms with E-state index < -0.39 is 0 Å². The Labute approximate surface area is 165 Å². The number of fused-ring (bicyclic) bond motifs is 1. The molecule has 0 radical (unpaired) electrons. The standard InChI is InChI=1S/C21H18FN3O2S/c22-18-8-2-1-7-16(18)17-12-28-21-19(17)20(24-13-25-21)27-10-4-9-26-15-6-3-5-14(23)11-15/h1-3,5-8,11-13H,4,9-10,23H2. The van der Waals surface area contributed by atoms with Crippen LogP contribution in [0, 0.1) is 5.82 Å². The van der Waals surface area contributed by atoms with Crippen LogP contribution in [-0.4, -0.2) is 23.2 Å². The van der Waals surface area contributed by atoms with E-state index in [1.165, 1.54) is 23.7 Å². The van der Waals surface area contributed by atoms with Crippen molar-refractivity contribution in [3.05, 3.63) is 66.1 Å². The van der Waals surface area contributed by atoms with E-state index in [4.69, 9.17) is 15.2 Å². The second-order valence-electron chi connectivity index (χ2n) is 6.11. The minimum atomic E-state index is -0.285. The zero-order chi connectivity index (χ0) is 19.3. The average Bonchev–Trinajstić information content (AvgIpc) is 3.13. The molecule has 0 aliphatic rings. The molecule has 0 bridgehead atoms. The monoisotopic (exact) mass is 395 g/mol. The summed E-state index contributed by atoms with van der Waals surface area (Å²) in [5.41, 5.74) is 7.65. The third-order valence-electron chi connectivity index (χ3n) is 4.15. The highest BCUT2D eigenvalue weighted by atomic mass is 32.1. The molecule has 2 heterocycles. The molecule has 0 amide bonds. The molecule has 2 aromatic heterocycles. The number of aromatic nitrogens is 2. The predicted octanol–water partition coefficient (Wildman–Crippen LogP) is 4.93. The second-order valence-corrected chi connectivity index (χ2v) is 6.97. The van der Waals surface area contributed by atoms with E-state index in [2.05, 4.69) is 9.97 Å². The fraction of sp³-hybridized carbons (Fsp3) is 0.143. The molecule has 4 aromatic rings. The Morgan fingerprint density at radius 3 is 2.68 bits per heavy atom. The van der Waals surface area contributed by atoms with Gasteiger partial charge in [0.2, 0.25) is 5.88 Å². The van der Waals surface area contributed by atoms with Crippen LogP contribution in [0.5, 0.6) is 11.6 Å². The first-order valence-electron chi connectivity index (χ1n) is 8.80. The van der Waals surface area contributed by atoms with Gasteiger partial charge in [0.15, 0.2) is 0 Å². The molecule has 0 saturated carbocycles. The van der Waals surface area contributed by atoms with E-state index in [0.29, 0.717) is 36.8 Å². The Morgan fingerprint density at radius 2 is 1.82 bits per heavy atom. The summed E-state index contributed by atoms with van der Waals surface area (Å²) in [6, 6.07) is 14.0. The first-order valence-corrected chi connectivity index (χ1v) is 9.68. The van der Waals surface area contributed by atoms with Crippen molar-refractivity contribution in [2.45, 2.75) is 6.42 Å². The Balaban J connectivity index is 1.45. The summed E-state index contributed by atoms with van der Waals surface area (Å²) in [7, 11) is 0. The largest absolute Gasteiger partial charge is 0.493 e. The fourth-order valence-corrected chi connectivity index (χ4v) is 3.75. The van der Waals surface area contributed by atoms with Crippen LogP contribution in [0.4, 0.5) is 10.1 Å². The fourth-order valence-electron chi connectivity index (χ4n) is 2.86. The summed E-state index contributed by atoms with van der Waals surface area (Å²) in [5.74, 6) is 0.894. The number of thiophene rings is 1. The third-order valence-corrected chi connectivity index (χ3v) is 5.04. The molecule has 28 heavy (non-hydrogen) atoms. The lowest BCUT2D eigenvalue weighted by atomic mass is 10.1. The number of benzene rings is 2. The van der Waals surface area contributed by atoms with Crippen molar-refractivity contribution in [2.24, 2.45) is 0 Å². The van der Waals surface area contributed by atoms with Crippen LogP contribution in [0.25, 0.3) is 21.3 Å². The summed E-state index contributed by atoms with van der Waals surface area (Å²) in [6.45, 7) is 0.905. The summed E-state index contributed by atoms with van der Waals surface area (Å²) in [6.07, 6.45) is 2.13. The molecule has 7 heteroatoms. The molecule has 2 N–H and O–H groups in total. The minimum Gasteiger partial charge on any atom is -0.493 e. The van der Waals surface area contributed by atoms with Gasteiger partial charge in [0.25, 0.3) is 0 Å². The van der Waals surface area contributed by atoms with E-state index in [1.54, 1.807) is 24.3 Å². The molecule has 5 nitrogen and oxygen atoms in total. The van der Waals surface area contributed by atoms with Crippen molar-refractivity contribution >= 4 is 27.2 Å². The maximum absolute atomic E-state index is 14.3. The van der Waals surface area contributed by atoms with Crippen molar-refractivity contribution < 1.29 is 13.9 Å². The van der Waals surface area contributed by atoms with Crippen molar-refractivity contribution in [1.82, 2.24) is 9.97 Å². The molecule has 0 aliphatic heterocycles. The van der Waals surface area contributed by atoms with Crippen molar-refractivity contribution in [1.29, 1.82) is 0 Å². The number of rotatable bonds is 7. The normalized spacial score (nSPS) is 10.9. The Kier molecular flexibility index (Phi) is 5.34. The highest BCUT2D eigenvalue weighted by Gasteiger charge is 2.16. The van der Waals surface area contributed by atoms with Gasteiger partial charge in [-0.15, -0.1) is 11.3 Å². The van der Waals surface area contributed by atoms with Crippen LogP contribution in [0.15, 0.2) is 60.2 Å². The van der Waals surface area contributed by atoms with Crippen LogP contribution in [0.2, 0.25) is 0 Å². The number of nitrogen functional groups attached to an aromatic ring is 1. The highest BCUT2D eigenvalue weighted by molar-refractivity contribution is 7.17. The van der Waals surface area contributed by atoms with E-state index in [9.17, 15) is 4.39 Å². The number of hydrogen-bond acceptors (Lipinski definition) is 6. The molecule has 0 fully saturated rings. The number of hydrogen-bond donors (Lipinski definition) is 1. The molecule has 0 atom stereocenters. The summed E-state index contributed by atoms with van der Waals surface area (Å²) >= 11 is 1.44. The van der Waals surface area contributed by atoms with Gasteiger partial charge < -0.3 is 15.2 Å². The maximum atomic E-state index is 14.3. The van der Waals surface area contributed by atoms with Gasteiger partial charge in [-0.25, -0.2) is 14.4 Å². The number of nitrogens with two attached hydrogens (primary N) is 1. The van der Waals surface area contributed by atoms with Gasteiger partial charge in [-0.3, -0.25) is 0 Å². The molecule has 4 rings (SSSR count). The van der Waals surface area contributed by atoms with Gasteiger partial charge in [-0.2, -0.15) is 0 Å². The molecule has 0 spiro atoms. The topological polar surface area (TPSA) is 70.3 Å². The predicted molar refractivity (Wildman–Crippen MR) is 109 cm³/mol. The van der Waals surface area contributed by atoms with E-state index in [-0.39, 0.29) is 5.82 Å². The average molecular weight is 395 g/mol. The quantitative estimate of drug-likeness (QED) is 0.355. The van der Waals surface area contributed by atoms with Crippen LogP contribution >= 0.6 is 11.3 Å². The Morgan fingerprint density at radius 1 is 0.964 bits per heavy atom. The van der Waals surface area contributed by atoms with Crippen LogP contribution < -0.4 is 15.2 Å². The lowest BCUT2D eigenvalue weighted by Gasteiger charge is -2.09. The highest BCUT2D eigenvalue weighted by Crippen LogP contribution is 2.38. The van der Waals surface area contributed by atoms with Crippen LogP contribution in [0.3, 0.4) is 0 Å².